The van der Waals surface area contributed by atoms with Crippen molar-refractivity contribution in [2.75, 3.05) is 0 Å². The number of ketones is 1. The van der Waals surface area contributed by atoms with Crippen molar-refractivity contribution in [2.45, 2.75) is 39.0 Å². The number of allylic oxidation sites excluding steroid dienone is 1. The molecule has 0 saturated heterocycles. The van der Waals surface area contributed by atoms with Crippen LogP contribution in [0.4, 0.5) is 0 Å². The molecule has 0 unspecified atom stereocenters. The molecule has 0 atom stereocenters. The van der Waals surface area contributed by atoms with Crippen molar-refractivity contribution in [1.29, 1.82) is 0 Å². The Morgan fingerprint density at radius 2 is 1.89 bits per heavy atom. The normalized spacial score (nSPS) is 18.3. The number of benzene rings is 2. The molecule has 2 aliphatic rings. The van der Waals surface area contributed by atoms with E-state index in [4.69, 9.17) is 9.47 Å². The molecular formula is C23H22O4. The van der Waals surface area contributed by atoms with Crippen LogP contribution in [0.3, 0.4) is 0 Å². The summed E-state index contributed by atoms with van der Waals surface area (Å²) in [5.41, 5.74) is 2.50. The lowest BCUT2D eigenvalue weighted by Crippen LogP contribution is -2.22. The summed E-state index contributed by atoms with van der Waals surface area (Å²) >= 11 is 0. The Balaban J connectivity index is 1.52. The van der Waals surface area contributed by atoms with Crippen LogP contribution >= 0.6 is 0 Å². The van der Waals surface area contributed by atoms with Gasteiger partial charge >= 0.3 is 5.97 Å². The minimum atomic E-state index is -0.186. The van der Waals surface area contributed by atoms with E-state index >= 15 is 0 Å². The van der Waals surface area contributed by atoms with Crippen molar-refractivity contribution in [3.63, 3.8) is 0 Å². The molecular weight excluding hydrogens is 340 g/mol. The summed E-state index contributed by atoms with van der Waals surface area (Å²) in [5, 5.41) is 0. The van der Waals surface area contributed by atoms with E-state index < -0.39 is 0 Å². The van der Waals surface area contributed by atoms with Crippen LogP contribution < -0.4 is 9.47 Å². The number of aryl methyl sites for hydroxylation is 1. The first kappa shape index (κ1) is 17.5. The van der Waals surface area contributed by atoms with Crippen LogP contribution in [0, 0.1) is 12.8 Å². The van der Waals surface area contributed by atoms with E-state index in [1.165, 1.54) is 6.42 Å². The molecule has 1 aliphatic heterocycles. The van der Waals surface area contributed by atoms with E-state index in [2.05, 4.69) is 0 Å². The predicted molar refractivity (Wildman–Crippen MR) is 103 cm³/mol. The second-order valence-electron chi connectivity index (χ2n) is 7.21. The zero-order valence-corrected chi connectivity index (χ0v) is 15.4. The molecule has 1 aliphatic carbocycles. The number of hydrogen-bond donors (Lipinski definition) is 0. The molecule has 1 saturated carbocycles. The van der Waals surface area contributed by atoms with Gasteiger partial charge in [-0.15, -0.1) is 0 Å². The maximum absolute atomic E-state index is 12.6. The van der Waals surface area contributed by atoms with E-state index in [1.807, 2.05) is 31.2 Å². The van der Waals surface area contributed by atoms with Gasteiger partial charge < -0.3 is 9.47 Å². The van der Waals surface area contributed by atoms with Gasteiger partial charge in [-0.25, -0.2) is 0 Å². The lowest BCUT2D eigenvalue weighted by atomic mass is 9.89. The highest BCUT2D eigenvalue weighted by Gasteiger charge is 2.29. The fourth-order valence-corrected chi connectivity index (χ4v) is 3.66. The minimum absolute atomic E-state index is 0.0222. The zero-order valence-electron chi connectivity index (χ0n) is 15.4. The van der Waals surface area contributed by atoms with Crippen molar-refractivity contribution in [3.8, 4) is 11.5 Å². The summed E-state index contributed by atoms with van der Waals surface area (Å²) in [6, 6.07) is 12.8. The molecule has 4 rings (SSSR count). The second kappa shape index (κ2) is 7.39. The van der Waals surface area contributed by atoms with Crippen LogP contribution in [0.2, 0.25) is 0 Å². The van der Waals surface area contributed by atoms with Gasteiger partial charge in [-0.3, -0.25) is 9.59 Å². The number of ether oxygens (including phenoxy) is 2. The van der Waals surface area contributed by atoms with Crippen LogP contribution in [-0.4, -0.2) is 11.8 Å². The molecule has 27 heavy (non-hydrogen) atoms. The van der Waals surface area contributed by atoms with Crippen molar-refractivity contribution in [3.05, 3.63) is 64.9 Å². The van der Waals surface area contributed by atoms with Gasteiger partial charge in [0.25, 0.3) is 0 Å². The van der Waals surface area contributed by atoms with Crippen molar-refractivity contribution in [1.82, 2.24) is 0 Å². The van der Waals surface area contributed by atoms with Crippen LogP contribution in [0.5, 0.6) is 11.5 Å². The van der Waals surface area contributed by atoms with Gasteiger partial charge in [-0.05, 0) is 49.1 Å². The maximum atomic E-state index is 12.6. The standard InChI is InChI=1S/C23H22O4/c1-15-7-5-6-10-17(15)13-21-22(24)19-12-11-18(14-20(19)27-21)26-23(25)16-8-3-2-4-9-16/h5-7,10-14,16H,2-4,8-9H2,1H3/b21-13+. The van der Waals surface area contributed by atoms with Crippen molar-refractivity contribution < 1.29 is 19.1 Å². The smallest absolute Gasteiger partial charge is 0.314 e. The summed E-state index contributed by atoms with van der Waals surface area (Å²) in [4.78, 5) is 24.9. The Morgan fingerprint density at radius 1 is 1.11 bits per heavy atom. The first-order chi connectivity index (χ1) is 13.1. The van der Waals surface area contributed by atoms with Gasteiger partial charge in [0.15, 0.2) is 5.76 Å². The number of fused-ring (bicyclic) bond motifs is 1. The number of carbonyl (C=O) groups is 2. The lowest BCUT2D eigenvalue weighted by Gasteiger charge is -2.19. The SMILES string of the molecule is Cc1ccccc1/C=C1/Oc2cc(OC(=O)C3CCCCC3)ccc2C1=O. The molecule has 2 aromatic carbocycles. The van der Waals surface area contributed by atoms with E-state index in [0.717, 1.165) is 36.8 Å². The average Bonchev–Trinajstić information content (AvgIpc) is 2.99. The minimum Gasteiger partial charge on any atom is -0.452 e. The third kappa shape index (κ3) is 3.65. The second-order valence-corrected chi connectivity index (χ2v) is 7.21. The first-order valence-electron chi connectivity index (χ1n) is 9.47. The highest BCUT2D eigenvalue weighted by atomic mass is 16.5. The first-order valence-corrected chi connectivity index (χ1v) is 9.47. The molecule has 0 bridgehead atoms. The van der Waals surface area contributed by atoms with Crippen molar-refractivity contribution in [2.24, 2.45) is 5.92 Å². The summed E-state index contributed by atoms with van der Waals surface area (Å²) in [5.74, 6) is 0.789. The highest BCUT2D eigenvalue weighted by molar-refractivity contribution is 6.14. The van der Waals surface area contributed by atoms with Crippen LogP contribution in [-0.2, 0) is 4.79 Å². The molecule has 1 heterocycles. The van der Waals surface area contributed by atoms with Gasteiger partial charge in [0.1, 0.15) is 11.5 Å². The Kier molecular flexibility index (Phi) is 4.80. The average molecular weight is 362 g/mol. The number of esters is 1. The van der Waals surface area contributed by atoms with E-state index in [1.54, 1.807) is 24.3 Å². The molecule has 0 aromatic heterocycles. The Bertz CT molecular complexity index is 920. The largest absolute Gasteiger partial charge is 0.452 e. The fourth-order valence-electron chi connectivity index (χ4n) is 3.66. The fraction of sp³-hybridized carbons (Fsp3) is 0.304. The maximum Gasteiger partial charge on any atom is 0.314 e. The summed E-state index contributed by atoms with van der Waals surface area (Å²) in [7, 11) is 0. The van der Waals surface area contributed by atoms with E-state index in [9.17, 15) is 9.59 Å². The van der Waals surface area contributed by atoms with Gasteiger partial charge in [-0.2, -0.15) is 0 Å². The van der Waals surface area contributed by atoms with Crippen LogP contribution in [0.25, 0.3) is 6.08 Å². The number of rotatable bonds is 3. The number of carbonyl (C=O) groups excluding carboxylic acids is 2. The molecule has 0 spiro atoms. The summed E-state index contributed by atoms with van der Waals surface area (Å²) in [6.45, 7) is 1.99. The molecule has 4 nitrogen and oxygen atoms in total. The molecule has 0 amide bonds. The van der Waals surface area contributed by atoms with Gasteiger partial charge in [0.05, 0.1) is 11.5 Å². The summed E-state index contributed by atoms with van der Waals surface area (Å²) in [6.07, 6.45) is 6.88. The topological polar surface area (TPSA) is 52.6 Å². The molecule has 138 valence electrons. The number of hydrogen-bond acceptors (Lipinski definition) is 4. The third-order valence-electron chi connectivity index (χ3n) is 5.27. The van der Waals surface area contributed by atoms with Crippen LogP contribution in [0.1, 0.15) is 53.6 Å². The molecule has 2 aromatic rings. The Hall–Kier alpha value is -2.88. The summed E-state index contributed by atoms with van der Waals surface area (Å²) < 4.78 is 11.3. The Morgan fingerprint density at radius 3 is 2.67 bits per heavy atom. The predicted octanol–water partition coefficient (Wildman–Crippen LogP) is 5.10. The monoisotopic (exact) mass is 362 g/mol. The van der Waals surface area contributed by atoms with Crippen LogP contribution in [0.15, 0.2) is 48.2 Å². The molecule has 4 heteroatoms. The van der Waals surface area contributed by atoms with E-state index in [0.29, 0.717) is 17.1 Å². The lowest BCUT2D eigenvalue weighted by molar-refractivity contribution is -0.139. The number of Topliss-reactive ketones (excluding diaryl/α,β-unsaturated/α-hetero) is 1. The van der Waals surface area contributed by atoms with Gasteiger partial charge in [0, 0.05) is 6.07 Å². The third-order valence-corrected chi connectivity index (χ3v) is 5.27. The quantitative estimate of drug-likeness (QED) is 0.433. The van der Waals surface area contributed by atoms with E-state index in [-0.39, 0.29) is 23.4 Å². The van der Waals surface area contributed by atoms with Gasteiger partial charge in [-0.1, -0.05) is 43.5 Å². The Labute approximate surface area is 158 Å². The van der Waals surface area contributed by atoms with Gasteiger partial charge in [0.2, 0.25) is 5.78 Å². The highest BCUT2D eigenvalue weighted by Crippen LogP contribution is 2.35. The zero-order chi connectivity index (χ0) is 18.8. The van der Waals surface area contributed by atoms with Crippen molar-refractivity contribution >= 4 is 17.8 Å². The molecule has 0 radical (unpaired) electrons. The molecule has 0 N–H and O–H groups in total. The molecule has 1 fully saturated rings.